The molecule has 0 aliphatic heterocycles. The number of hydrogen-bond acceptors (Lipinski definition) is 5. The monoisotopic (exact) mass is 324 g/mol. The molecule has 6 heteroatoms. The van der Waals surface area contributed by atoms with Crippen molar-refractivity contribution in [2.24, 2.45) is 0 Å². The quantitative estimate of drug-likeness (QED) is 0.181. The highest BCUT2D eigenvalue weighted by Gasteiger charge is 2.06. The van der Waals surface area contributed by atoms with Gasteiger partial charge in [-0.2, -0.15) is 0 Å². The molecular weight excluding hydrogens is 296 g/mol. The van der Waals surface area contributed by atoms with Crippen LogP contribution in [-0.4, -0.2) is 48.1 Å². The number of rotatable bonds is 12. The van der Waals surface area contributed by atoms with Crippen molar-refractivity contribution in [2.45, 2.75) is 64.2 Å². The van der Waals surface area contributed by atoms with Crippen LogP contribution in [0.25, 0.3) is 0 Å². The van der Waals surface area contributed by atoms with E-state index < -0.39 is 11.9 Å². The first kappa shape index (κ1) is 23.4. The highest BCUT2D eigenvalue weighted by Crippen LogP contribution is 2.11. The Kier molecular flexibility index (Phi) is 17.5. The van der Waals surface area contributed by atoms with Crippen molar-refractivity contribution in [2.75, 3.05) is 7.11 Å². The van der Waals surface area contributed by atoms with Gasteiger partial charge in [-0.25, -0.2) is 4.79 Å². The van der Waals surface area contributed by atoms with Crippen molar-refractivity contribution in [3.05, 3.63) is 12.7 Å². The maximum absolute atomic E-state index is 11.2. The molecule has 0 fully saturated rings. The van der Waals surface area contributed by atoms with E-state index in [0.29, 0.717) is 6.42 Å². The third-order valence-corrected chi connectivity index (χ3v) is 3.12. The normalized spacial score (nSPS) is 9.50. The first-order valence-corrected chi connectivity index (χ1v) is 7.54. The maximum atomic E-state index is 11.2. The second-order valence-corrected chi connectivity index (χ2v) is 4.90. The summed E-state index contributed by atoms with van der Waals surface area (Å²) in [4.78, 5) is 32.8. The number of methoxy groups -OCH3 is 1. The largest absolute Gasteiger partial charge is 0.469 e. The van der Waals surface area contributed by atoms with Crippen LogP contribution in [0, 0.1) is 0 Å². The molecule has 0 bridgehead atoms. The standard InChI is InChI=1S/C16H26O5.Mg.2H/c1-3-14(17)21-16(19)13-11-9-7-5-4-6-8-10-12-15(18)20-2;;;/h3H,1,4-13H2,2H3;;;. The van der Waals surface area contributed by atoms with Crippen LogP contribution in [0.4, 0.5) is 0 Å². The predicted octanol–water partition coefficient (Wildman–Crippen LogP) is 2.40. The van der Waals surface area contributed by atoms with Gasteiger partial charge in [0.25, 0.3) is 0 Å². The molecule has 0 aromatic heterocycles. The third-order valence-electron chi connectivity index (χ3n) is 3.12. The zero-order chi connectivity index (χ0) is 15.9. The summed E-state index contributed by atoms with van der Waals surface area (Å²) in [5, 5.41) is 0. The molecule has 0 amide bonds. The lowest BCUT2D eigenvalue weighted by molar-refractivity contribution is -0.156. The summed E-state index contributed by atoms with van der Waals surface area (Å²) in [5.74, 6) is -1.31. The molecule has 0 unspecified atom stereocenters. The van der Waals surface area contributed by atoms with Gasteiger partial charge in [-0.1, -0.05) is 45.1 Å². The van der Waals surface area contributed by atoms with Crippen LogP contribution < -0.4 is 0 Å². The van der Waals surface area contributed by atoms with E-state index >= 15 is 0 Å². The molecule has 0 aliphatic rings. The fourth-order valence-corrected chi connectivity index (χ4v) is 1.91. The van der Waals surface area contributed by atoms with Crippen molar-refractivity contribution < 1.29 is 23.9 Å². The van der Waals surface area contributed by atoms with E-state index in [9.17, 15) is 14.4 Å². The number of unbranched alkanes of at least 4 members (excludes halogenated alkanes) is 7. The molecule has 124 valence electrons. The molecule has 0 aliphatic carbocycles. The van der Waals surface area contributed by atoms with Crippen LogP contribution >= 0.6 is 0 Å². The first-order chi connectivity index (χ1) is 10.1. The Labute approximate surface area is 149 Å². The Hall–Kier alpha value is -0.884. The SMILES string of the molecule is C=CC(=O)OC(=O)CCCCCCCCCCC(=O)OC.[MgH2]. The van der Waals surface area contributed by atoms with Crippen LogP contribution in [0.1, 0.15) is 64.2 Å². The fraction of sp³-hybridized carbons (Fsp3) is 0.688. The molecule has 0 rings (SSSR count). The minimum absolute atomic E-state index is 0. The summed E-state index contributed by atoms with van der Waals surface area (Å²) in [5.41, 5.74) is 0. The average Bonchev–Trinajstić information content (AvgIpc) is 2.48. The van der Waals surface area contributed by atoms with Gasteiger partial charge in [0, 0.05) is 18.9 Å². The van der Waals surface area contributed by atoms with E-state index in [-0.39, 0.29) is 35.4 Å². The Bertz CT molecular complexity index is 341. The van der Waals surface area contributed by atoms with E-state index in [0.717, 1.165) is 57.4 Å². The zero-order valence-electron chi connectivity index (χ0n) is 12.9. The molecule has 0 aromatic carbocycles. The highest BCUT2D eigenvalue weighted by atomic mass is 24.3. The zero-order valence-corrected chi connectivity index (χ0v) is 12.9. The van der Waals surface area contributed by atoms with E-state index in [1.54, 1.807) is 0 Å². The summed E-state index contributed by atoms with van der Waals surface area (Å²) in [6, 6.07) is 0. The average molecular weight is 325 g/mol. The number of ether oxygens (including phenoxy) is 2. The number of carbonyl (C=O) groups excluding carboxylic acids is 3. The molecular formula is C16H28MgO5. The summed E-state index contributed by atoms with van der Waals surface area (Å²) in [7, 11) is 1.41. The fourth-order valence-electron chi connectivity index (χ4n) is 1.91. The van der Waals surface area contributed by atoms with Crippen molar-refractivity contribution in [1.82, 2.24) is 0 Å². The van der Waals surface area contributed by atoms with E-state index in [4.69, 9.17) is 0 Å². The van der Waals surface area contributed by atoms with Crippen molar-refractivity contribution >= 4 is 41.0 Å². The molecule has 0 atom stereocenters. The molecule has 0 N–H and O–H groups in total. The van der Waals surface area contributed by atoms with Gasteiger partial charge in [-0.05, 0) is 12.8 Å². The molecule has 0 aromatic rings. The highest BCUT2D eigenvalue weighted by molar-refractivity contribution is 5.91. The molecule has 22 heavy (non-hydrogen) atoms. The Morgan fingerprint density at radius 1 is 0.818 bits per heavy atom. The van der Waals surface area contributed by atoms with E-state index in [1.807, 2.05) is 0 Å². The van der Waals surface area contributed by atoms with Gasteiger partial charge in [-0.15, -0.1) is 0 Å². The van der Waals surface area contributed by atoms with E-state index in [1.165, 1.54) is 7.11 Å². The predicted molar refractivity (Wildman–Crippen MR) is 88.0 cm³/mol. The number of esters is 3. The summed E-state index contributed by atoms with van der Waals surface area (Å²) in [6.07, 6.45) is 9.84. The maximum Gasteiger partial charge on any atom is 0.337 e. The topological polar surface area (TPSA) is 69.7 Å². The molecule has 0 heterocycles. The molecule has 0 saturated carbocycles. The van der Waals surface area contributed by atoms with Crippen molar-refractivity contribution in [1.29, 1.82) is 0 Å². The van der Waals surface area contributed by atoms with Gasteiger partial charge < -0.3 is 9.47 Å². The van der Waals surface area contributed by atoms with Gasteiger partial charge in [0.2, 0.25) is 0 Å². The van der Waals surface area contributed by atoms with Crippen LogP contribution in [0.2, 0.25) is 0 Å². The van der Waals surface area contributed by atoms with Crippen LogP contribution in [0.15, 0.2) is 12.7 Å². The minimum Gasteiger partial charge on any atom is -0.469 e. The minimum atomic E-state index is -0.688. The molecule has 5 nitrogen and oxygen atoms in total. The van der Waals surface area contributed by atoms with Gasteiger partial charge in [0.1, 0.15) is 0 Å². The lowest BCUT2D eigenvalue weighted by Gasteiger charge is -2.02. The second-order valence-electron chi connectivity index (χ2n) is 4.90. The van der Waals surface area contributed by atoms with Crippen LogP contribution in [0.3, 0.4) is 0 Å². The second kappa shape index (κ2) is 16.5. The Morgan fingerprint density at radius 2 is 1.23 bits per heavy atom. The lowest BCUT2D eigenvalue weighted by atomic mass is 10.1. The van der Waals surface area contributed by atoms with Gasteiger partial charge in [0.15, 0.2) is 0 Å². The van der Waals surface area contributed by atoms with E-state index in [2.05, 4.69) is 16.1 Å². The third kappa shape index (κ3) is 15.5. The molecule has 0 spiro atoms. The first-order valence-electron chi connectivity index (χ1n) is 7.54. The number of hydrogen-bond donors (Lipinski definition) is 0. The summed E-state index contributed by atoms with van der Waals surface area (Å²) in [6.45, 7) is 3.23. The smallest absolute Gasteiger partial charge is 0.337 e. The summed E-state index contributed by atoms with van der Waals surface area (Å²) < 4.78 is 9.04. The van der Waals surface area contributed by atoms with Gasteiger partial charge in [-0.3, -0.25) is 9.59 Å². The Morgan fingerprint density at radius 3 is 1.64 bits per heavy atom. The van der Waals surface area contributed by atoms with Crippen LogP contribution in [-0.2, 0) is 23.9 Å². The molecule has 0 saturated heterocycles. The van der Waals surface area contributed by atoms with Crippen molar-refractivity contribution in [3.63, 3.8) is 0 Å². The summed E-state index contributed by atoms with van der Waals surface area (Å²) >= 11 is 0. The van der Waals surface area contributed by atoms with Gasteiger partial charge >= 0.3 is 41.0 Å². The molecule has 0 radical (unpaired) electrons. The number of carbonyl (C=O) groups is 3. The van der Waals surface area contributed by atoms with Crippen molar-refractivity contribution in [3.8, 4) is 0 Å². The van der Waals surface area contributed by atoms with Crippen LogP contribution in [0.5, 0.6) is 0 Å². The lowest BCUT2D eigenvalue weighted by Crippen LogP contribution is -2.09. The Balaban J connectivity index is 0. The van der Waals surface area contributed by atoms with Gasteiger partial charge in [0.05, 0.1) is 7.11 Å².